The van der Waals surface area contributed by atoms with Crippen molar-refractivity contribution in [1.82, 2.24) is 5.32 Å². The fraction of sp³-hybridized carbons (Fsp3) is 0.385. The van der Waals surface area contributed by atoms with Crippen molar-refractivity contribution in [3.63, 3.8) is 0 Å². The maximum Gasteiger partial charge on any atom is 0.251 e. The second-order valence-corrected chi connectivity index (χ2v) is 3.86. The molecule has 1 aromatic carbocycles. The van der Waals surface area contributed by atoms with Gasteiger partial charge in [0.15, 0.2) is 0 Å². The van der Waals surface area contributed by atoms with E-state index >= 15 is 0 Å². The summed E-state index contributed by atoms with van der Waals surface area (Å²) in [7, 11) is 0. The van der Waals surface area contributed by atoms with Crippen molar-refractivity contribution < 1.29 is 4.79 Å². The number of nitrogens with zero attached hydrogens (tertiary/aromatic N) is 1. The third kappa shape index (κ3) is 3.39. The summed E-state index contributed by atoms with van der Waals surface area (Å²) in [4.78, 5) is 11.8. The van der Waals surface area contributed by atoms with Crippen LogP contribution in [-0.2, 0) is 0 Å². The summed E-state index contributed by atoms with van der Waals surface area (Å²) in [6.45, 7) is 4.06. The molecule has 84 valence electrons. The van der Waals surface area contributed by atoms with Gasteiger partial charge in [-0.15, -0.1) is 0 Å². The van der Waals surface area contributed by atoms with Gasteiger partial charge in [0.1, 0.15) is 0 Å². The van der Waals surface area contributed by atoms with E-state index in [0.717, 1.165) is 12.8 Å². The van der Waals surface area contributed by atoms with Crippen molar-refractivity contribution in [3.8, 4) is 6.07 Å². The normalized spacial score (nSPS) is 11.6. The SMILES string of the molecule is CCCC(C)NC(=O)c1cccc(C#N)c1. The number of amides is 1. The molecule has 0 aliphatic rings. The number of hydrogen-bond acceptors (Lipinski definition) is 2. The molecule has 0 saturated carbocycles. The van der Waals surface area contributed by atoms with E-state index in [2.05, 4.69) is 12.2 Å². The molecule has 1 amide bonds. The predicted octanol–water partition coefficient (Wildman–Crippen LogP) is 2.48. The van der Waals surface area contributed by atoms with E-state index < -0.39 is 0 Å². The Morgan fingerprint density at radius 3 is 2.94 bits per heavy atom. The fourth-order valence-electron chi connectivity index (χ4n) is 1.54. The smallest absolute Gasteiger partial charge is 0.251 e. The van der Waals surface area contributed by atoms with Gasteiger partial charge in [0.25, 0.3) is 5.91 Å². The second-order valence-electron chi connectivity index (χ2n) is 3.86. The van der Waals surface area contributed by atoms with E-state index in [4.69, 9.17) is 5.26 Å². The third-order valence-electron chi connectivity index (χ3n) is 2.35. The summed E-state index contributed by atoms with van der Waals surface area (Å²) in [5, 5.41) is 11.6. The molecule has 0 spiro atoms. The summed E-state index contributed by atoms with van der Waals surface area (Å²) in [5.41, 5.74) is 1.05. The van der Waals surface area contributed by atoms with Crippen molar-refractivity contribution in [2.24, 2.45) is 0 Å². The van der Waals surface area contributed by atoms with E-state index in [1.54, 1.807) is 24.3 Å². The van der Waals surface area contributed by atoms with Crippen LogP contribution in [0.4, 0.5) is 0 Å². The highest BCUT2D eigenvalue weighted by Crippen LogP contribution is 2.05. The molecule has 0 aliphatic heterocycles. The van der Waals surface area contributed by atoms with Gasteiger partial charge >= 0.3 is 0 Å². The fourth-order valence-corrected chi connectivity index (χ4v) is 1.54. The van der Waals surface area contributed by atoms with Crippen LogP contribution in [0.5, 0.6) is 0 Å². The monoisotopic (exact) mass is 216 g/mol. The van der Waals surface area contributed by atoms with Crippen LogP contribution in [0, 0.1) is 11.3 Å². The zero-order chi connectivity index (χ0) is 12.0. The first kappa shape index (κ1) is 12.3. The van der Waals surface area contributed by atoms with Gasteiger partial charge in [-0.2, -0.15) is 5.26 Å². The average Bonchev–Trinajstić information content (AvgIpc) is 2.29. The highest BCUT2D eigenvalue weighted by molar-refractivity contribution is 5.94. The van der Waals surface area contributed by atoms with Gasteiger partial charge in [0.05, 0.1) is 11.6 Å². The molecule has 3 nitrogen and oxygen atoms in total. The molecular weight excluding hydrogens is 200 g/mol. The maximum atomic E-state index is 11.8. The molecule has 16 heavy (non-hydrogen) atoms. The second kappa shape index (κ2) is 5.92. The number of rotatable bonds is 4. The van der Waals surface area contributed by atoms with Crippen LogP contribution in [0.15, 0.2) is 24.3 Å². The Balaban J connectivity index is 2.70. The van der Waals surface area contributed by atoms with Crippen LogP contribution in [0.1, 0.15) is 42.6 Å². The topological polar surface area (TPSA) is 52.9 Å². The summed E-state index contributed by atoms with van der Waals surface area (Å²) in [5.74, 6) is -0.113. The number of nitriles is 1. The van der Waals surface area contributed by atoms with Gasteiger partial charge in [0.2, 0.25) is 0 Å². The average molecular weight is 216 g/mol. The number of carbonyl (C=O) groups excluding carboxylic acids is 1. The van der Waals surface area contributed by atoms with Crippen molar-refractivity contribution >= 4 is 5.91 Å². The molecule has 3 heteroatoms. The maximum absolute atomic E-state index is 11.8. The lowest BCUT2D eigenvalue weighted by Gasteiger charge is -2.12. The van der Waals surface area contributed by atoms with Gasteiger partial charge in [-0.05, 0) is 31.5 Å². The lowest BCUT2D eigenvalue weighted by Crippen LogP contribution is -2.32. The zero-order valence-electron chi connectivity index (χ0n) is 9.66. The minimum absolute atomic E-state index is 0.113. The van der Waals surface area contributed by atoms with Crippen molar-refractivity contribution in [3.05, 3.63) is 35.4 Å². The lowest BCUT2D eigenvalue weighted by molar-refractivity contribution is 0.0938. The molecule has 1 aromatic rings. The highest BCUT2D eigenvalue weighted by atomic mass is 16.1. The Labute approximate surface area is 96.1 Å². The van der Waals surface area contributed by atoms with Crippen LogP contribution in [-0.4, -0.2) is 11.9 Å². The summed E-state index contributed by atoms with van der Waals surface area (Å²) < 4.78 is 0. The van der Waals surface area contributed by atoms with Crippen molar-refractivity contribution in [2.75, 3.05) is 0 Å². The standard InChI is InChI=1S/C13H16N2O/c1-3-5-10(2)15-13(16)12-7-4-6-11(8-12)9-14/h4,6-8,10H,3,5H2,1-2H3,(H,15,16). The Morgan fingerprint density at radius 2 is 2.31 bits per heavy atom. The molecule has 0 saturated heterocycles. The first-order chi connectivity index (χ1) is 7.67. The van der Waals surface area contributed by atoms with Gasteiger partial charge < -0.3 is 5.32 Å². The van der Waals surface area contributed by atoms with Crippen LogP contribution < -0.4 is 5.32 Å². The Bertz CT molecular complexity index is 407. The van der Waals surface area contributed by atoms with E-state index in [9.17, 15) is 4.79 Å². The predicted molar refractivity (Wildman–Crippen MR) is 63.0 cm³/mol. The van der Waals surface area contributed by atoms with Gasteiger partial charge in [0, 0.05) is 11.6 Å². The van der Waals surface area contributed by atoms with E-state index in [-0.39, 0.29) is 11.9 Å². The first-order valence-electron chi connectivity index (χ1n) is 5.48. The van der Waals surface area contributed by atoms with E-state index in [0.29, 0.717) is 11.1 Å². The quantitative estimate of drug-likeness (QED) is 0.840. The van der Waals surface area contributed by atoms with Gasteiger partial charge in [-0.25, -0.2) is 0 Å². The van der Waals surface area contributed by atoms with Crippen LogP contribution in [0.3, 0.4) is 0 Å². The summed E-state index contributed by atoms with van der Waals surface area (Å²) >= 11 is 0. The van der Waals surface area contributed by atoms with Crippen LogP contribution >= 0.6 is 0 Å². The molecule has 1 atom stereocenters. The largest absolute Gasteiger partial charge is 0.350 e. The molecule has 1 N–H and O–H groups in total. The Kier molecular flexibility index (Phi) is 4.53. The van der Waals surface area contributed by atoms with Gasteiger partial charge in [-0.1, -0.05) is 19.4 Å². The highest BCUT2D eigenvalue weighted by Gasteiger charge is 2.09. The molecule has 0 aliphatic carbocycles. The number of hydrogen-bond donors (Lipinski definition) is 1. The lowest BCUT2D eigenvalue weighted by atomic mass is 10.1. The minimum atomic E-state index is -0.113. The Morgan fingerprint density at radius 1 is 1.56 bits per heavy atom. The molecular formula is C13H16N2O. The molecule has 1 rings (SSSR count). The minimum Gasteiger partial charge on any atom is -0.350 e. The molecule has 0 radical (unpaired) electrons. The number of nitrogens with one attached hydrogen (secondary N) is 1. The molecule has 0 aromatic heterocycles. The summed E-state index contributed by atoms with van der Waals surface area (Å²) in [6, 6.07) is 8.92. The number of benzene rings is 1. The van der Waals surface area contributed by atoms with Crippen molar-refractivity contribution in [1.29, 1.82) is 5.26 Å². The van der Waals surface area contributed by atoms with E-state index in [1.807, 2.05) is 13.0 Å². The number of carbonyl (C=O) groups is 1. The molecule has 0 bridgehead atoms. The van der Waals surface area contributed by atoms with Gasteiger partial charge in [-0.3, -0.25) is 4.79 Å². The first-order valence-corrected chi connectivity index (χ1v) is 5.48. The van der Waals surface area contributed by atoms with E-state index in [1.165, 1.54) is 0 Å². The molecule has 1 unspecified atom stereocenters. The molecule has 0 fully saturated rings. The van der Waals surface area contributed by atoms with Crippen molar-refractivity contribution in [2.45, 2.75) is 32.7 Å². The summed E-state index contributed by atoms with van der Waals surface area (Å²) in [6.07, 6.45) is 2.00. The zero-order valence-corrected chi connectivity index (χ0v) is 9.66. The third-order valence-corrected chi connectivity index (χ3v) is 2.35. The Hall–Kier alpha value is -1.82. The van der Waals surface area contributed by atoms with Crippen LogP contribution in [0.25, 0.3) is 0 Å². The molecule has 0 heterocycles. The van der Waals surface area contributed by atoms with Crippen LogP contribution in [0.2, 0.25) is 0 Å².